The van der Waals surface area contributed by atoms with Gasteiger partial charge in [0.25, 0.3) is 0 Å². The van der Waals surface area contributed by atoms with Crippen molar-refractivity contribution in [3.8, 4) is 0 Å². The Morgan fingerprint density at radius 1 is 1.47 bits per heavy atom. The summed E-state index contributed by atoms with van der Waals surface area (Å²) in [6, 6.07) is 1.87. The van der Waals surface area contributed by atoms with Crippen molar-refractivity contribution in [1.82, 2.24) is 9.78 Å². The van der Waals surface area contributed by atoms with Crippen LogP contribution in [0.2, 0.25) is 0 Å². The summed E-state index contributed by atoms with van der Waals surface area (Å²) >= 11 is 0. The van der Waals surface area contributed by atoms with E-state index in [9.17, 15) is 8.42 Å². The summed E-state index contributed by atoms with van der Waals surface area (Å²) < 4.78 is 25.2. The summed E-state index contributed by atoms with van der Waals surface area (Å²) in [4.78, 5) is 0. The molecular formula is C13H23N3O2S. The molecule has 3 atom stereocenters. The lowest BCUT2D eigenvalue weighted by Gasteiger charge is -2.31. The highest BCUT2D eigenvalue weighted by molar-refractivity contribution is 7.91. The van der Waals surface area contributed by atoms with Crippen LogP contribution in [0.4, 0.5) is 0 Å². The van der Waals surface area contributed by atoms with Gasteiger partial charge in [-0.15, -0.1) is 0 Å². The molecule has 1 heterocycles. The van der Waals surface area contributed by atoms with Crippen molar-refractivity contribution in [2.75, 3.05) is 6.26 Å². The first-order chi connectivity index (χ1) is 8.79. The third-order valence-corrected chi connectivity index (χ3v) is 5.80. The molecule has 1 aliphatic rings. The van der Waals surface area contributed by atoms with Crippen LogP contribution in [0, 0.1) is 12.8 Å². The molecule has 0 saturated heterocycles. The number of nitrogens with zero attached hydrogens (tertiary/aromatic N) is 2. The van der Waals surface area contributed by atoms with Crippen LogP contribution in [0.5, 0.6) is 0 Å². The molecular weight excluding hydrogens is 262 g/mol. The molecule has 0 aromatic carbocycles. The van der Waals surface area contributed by atoms with Gasteiger partial charge in [0.15, 0.2) is 0 Å². The van der Waals surface area contributed by atoms with E-state index in [1.165, 1.54) is 6.26 Å². The maximum Gasteiger partial charge on any atom is 0.150 e. The summed E-state index contributed by atoms with van der Waals surface area (Å²) in [6.07, 6.45) is 4.71. The molecule has 2 rings (SSSR count). The van der Waals surface area contributed by atoms with Gasteiger partial charge in [0.05, 0.1) is 16.6 Å². The van der Waals surface area contributed by atoms with Crippen LogP contribution in [0.25, 0.3) is 0 Å². The van der Waals surface area contributed by atoms with Gasteiger partial charge in [-0.2, -0.15) is 5.10 Å². The lowest BCUT2D eigenvalue weighted by atomic mass is 9.82. The highest BCUT2D eigenvalue weighted by Gasteiger charge is 2.33. The number of sulfone groups is 1. The zero-order valence-electron chi connectivity index (χ0n) is 11.8. The predicted octanol–water partition coefficient (Wildman–Crippen LogP) is 1.33. The van der Waals surface area contributed by atoms with E-state index in [4.69, 9.17) is 5.73 Å². The van der Waals surface area contributed by atoms with Crippen molar-refractivity contribution in [3.63, 3.8) is 0 Å². The average molecular weight is 285 g/mol. The molecule has 0 aliphatic heterocycles. The second-order valence-corrected chi connectivity index (χ2v) is 8.06. The quantitative estimate of drug-likeness (QED) is 0.909. The van der Waals surface area contributed by atoms with Gasteiger partial charge in [-0.3, -0.25) is 4.68 Å². The third kappa shape index (κ3) is 3.17. The maximum atomic E-state index is 11.7. The molecule has 1 aromatic heterocycles. The van der Waals surface area contributed by atoms with Crippen molar-refractivity contribution >= 4 is 9.84 Å². The summed E-state index contributed by atoms with van der Waals surface area (Å²) in [5, 5.41) is 4.08. The van der Waals surface area contributed by atoms with Crippen molar-refractivity contribution in [2.45, 2.75) is 43.9 Å². The Labute approximate surface area is 115 Å². The fourth-order valence-electron chi connectivity index (χ4n) is 3.08. The second-order valence-electron chi connectivity index (χ2n) is 5.74. The standard InChI is InChI=1S/C13H23N3O2S/c1-9-7-12(16(2)15-9)13(14)10-5-4-6-11(8-10)19(3,17)18/h7,10-11,13H,4-6,8,14H2,1-3H3. The molecule has 19 heavy (non-hydrogen) atoms. The highest BCUT2D eigenvalue weighted by Crippen LogP contribution is 2.35. The van der Waals surface area contributed by atoms with Crippen LogP contribution >= 0.6 is 0 Å². The van der Waals surface area contributed by atoms with Crippen molar-refractivity contribution in [2.24, 2.45) is 18.7 Å². The van der Waals surface area contributed by atoms with Crippen LogP contribution < -0.4 is 5.73 Å². The van der Waals surface area contributed by atoms with E-state index >= 15 is 0 Å². The van der Waals surface area contributed by atoms with E-state index in [2.05, 4.69) is 5.10 Å². The third-order valence-electron chi connectivity index (χ3n) is 4.16. The Kier molecular flexibility index (Phi) is 4.01. The number of aromatic nitrogens is 2. The molecule has 1 saturated carbocycles. The van der Waals surface area contributed by atoms with E-state index < -0.39 is 9.84 Å². The van der Waals surface area contributed by atoms with Gasteiger partial charge in [-0.1, -0.05) is 6.42 Å². The minimum atomic E-state index is -2.96. The lowest BCUT2D eigenvalue weighted by Crippen LogP contribution is -2.33. The van der Waals surface area contributed by atoms with Crippen molar-refractivity contribution < 1.29 is 8.42 Å². The lowest BCUT2D eigenvalue weighted by molar-refractivity contribution is 0.301. The van der Waals surface area contributed by atoms with E-state index in [-0.39, 0.29) is 17.2 Å². The van der Waals surface area contributed by atoms with Gasteiger partial charge < -0.3 is 5.73 Å². The summed E-state index contributed by atoms with van der Waals surface area (Å²) in [5.74, 6) is 0.225. The molecule has 0 bridgehead atoms. The zero-order valence-corrected chi connectivity index (χ0v) is 12.7. The molecule has 1 aromatic rings. The van der Waals surface area contributed by atoms with E-state index in [1.54, 1.807) is 0 Å². The van der Waals surface area contributed by atoms with Crippen LogP contribution in [0.3, 0.4) is 0 Å². The smallest absolute Gasteiger partial charge is 0.150 e. The van der Waals surface area contributed by atoms with Crippen LogP contribution in [-0.2, 0) is 16.9 Å². The van der Waals surface area contributed by atoms with Gasteiger partial charge in [0, 0.05) is 19.3 Å². The molecule has 0 radical (unpaired) electrons. The largest absolute Gasteiger partial charge is 0.322 e. The molecule has 1 fully saturated rings. The van der Waals surface area contributed by atoms with Gasteiger partial charge in [-0.05, 0) is 38.2 Å². The van der Waals surface area contributed by atoms with E-state index in [1.807, 2.05) is 24.7 Å². The second kappa shape index (κ2) is 5.25. The Bertz CT molecular complexity index is 550. The molecule has 6 heteroatoms. The van der Waals surface area contributed by atoms with Gasteiger partial charge >= 0.3 is 0 Å². The molecule has 108 valence electrons. The number of hydrogen-bond donors (Lipinski definition) is 1. The average Bonchev–Trinajstić information content (AvgIpc) is 2.66. The number of hydrogen-bond acceptors (Lipinski definition) is 4. The highest BCUT2D eigenvalue weighted by atomic mass is 32.2. The first-order valence-corrected chi connectivity index (χ1v) is 8.69. The van der Waals surface area contributed by atoms with Crippen LogP contribution in [-0.4, -0.2) is 29.7 Å². The van der Waals surface area contributed by atoms with Gasteiger partial charge in [-0.25, -0.2) is 8.42 Å². The minimum absolute atomic E-state index is 0.129. The minimum Gasteiger partial charge on any atom is -0.322 e. The molecule has 1 aliphatic carbocycles. The van der Waals surface area contributed by atoms with E-state index in [0.717, 1.165) is 30.7 Å². The fraction of sp³-hybridized carbons (Fsp3) is 0.769. The Morgan fingerprint density at radius 3 is 2.68 bits per heavy atom. The normalized spacial score (nSPS) is 26.3. The Hall–Kier alpha value is -0.880. The summed E-state index contributed by atoms with van der Waals surface area (Å²) in [5.41, 5.74) is 8.28. The fourth-order valence-corrected chi connectivity index (χ4v) is 4.27. The number of nitrogens with two attached hydrogens (primary N) is 1. The summed E-state index contributed by atoms with van der Waals surface area (Å²) in [7, 11) is -1.07. The first-order valence-electron chi connectivity index (χ1n) is 6.74. The van der Waals surface area contributed by atoms with Crippen molar-refractivity contribution in [1.29, 1.82) is 0 Å². The Morgan fingerprint density at radius 2 is 2.16 bits per heavy atom. The maximum absolute atomic E-state index is 11.7. The number of rotatable bonds is 3. The van der Waals surface area contributed by atoms with Gasteiger partial charge in [0.2, 0.25) is 0 Å². The molecule has 5 nitrogen and oxygen atoms in total. The molecule has 2 N–H and O–H groups in total. The van der Waals surface area contributed by atoms with Gasteiger partial charge in [0.1, 0.15) is 9.84 Å². The molecule has 0 spiro atoms. The topological polar surface area (TPSA) is 78.0 Å². The van der Waals surface area contributed by atoms with Crippen molar-refractivity contribution in [3.05, 3.63) is 17.5 Å². The zero-order chi connectivity index (χ0) is 14.2. The molecule has 3 unspecified atom stereocenters. The van der Waals surface area contributed by atoms with Crippen LogP contribution in [0.1, 0.15) is 43.1 Å². The summed E-state index contributed by atoms with van der Waals surface area (Å²) in [6.45, 7) is 1.94. The Balaban J connectivity index is 2.15. The predicted molar refractivity (Wildman–Crippen MR) is 75.5 cm³/mol. The SMILES string of the molecule is Cc1cc(C(N)C2CCCC(S(C)(=O)=O)C2)n(C)n1. The first kappa shape index (κ1) is 14.5. The number of aryl methyl sites for hydroxylation is 2. The molecule has 0 amide bonds. The van der Waals surface area contributed by atoms with Crippen LogP contribution in [0.15, 0.2) is 6.07 Å². The monoisotopic (exact) mass is 285 g/mol. The van der Waals surface area contributed by atoms with E-state index in [0.29, 0.717) is 6.42 Å².